The lowest BCUT2D eigenvalue weighted by Crippen LogP contribution is -2.31. The van der Waals surface area contributed by atoms with Crippen molar-refractivity contribution in [3.05, 3.63) is 57.1 Å². The fraction of sp³-hybridized carbons (Fsp3) is 0.375. The maximum Gasteiger partial charge on any atom is 0.312 e. The quantitative estimate of drug-likeness (QED) is 0.649. The van der Waals surface area contributed by atoms with Crippen LogP contribution in [0, 0.1) is 35.7 Å². The third-order valence-corrected chi connectivity index (χ3v) is 3.80. The zero-order valence-corrected chi connectivity index (χ0v) is 13.7. The van der Waals surface area contributed by atoms with Crippen LogP contribution in [0.5, 0.6) is 0 Å². The molecule has 2 aromatic rings. The SMILES string of the molecule is Cc1nn(CC(C)C(=O)NCc2ccc(F)cc2)c(C)c1[N+](=O)[O-]. The van der Waals surface area contributed by atoms with Crippen LogP contribution < -0.4 is 5.32 Å². The fourth-order valence-corrected chi connectivity index (χ4v) is 2.44. The molecule has 0 aliphatic heterocycles. The van der Waals surface area contributed by atoms with Crippen LogP contribution in [-0.4, -0.2) is 20.6 Å². The van der Waals surface area contributed by atoms with Gasteiger partial charge in [0, 0.05) is 6.54 Å². The lowest BCUT2D eigenvalue weighted by atomic mass is 10.1. The van der Waals surface area contributed by atoms with Crippen LogP contribution in [0.1, 0.15) is 23.9 Å². The first kappa shape index (κ1) is 17.6. The fourth-order valence-electron chi connectivity index (χ4n) is 2.44. The zero-order valence-electron chi connectivity index (χ0n) is 13.7. The standard InChI is InChI=1S/C16H19FN4O3/c1-10(9-20-12(3)15(21(23)24)11(2)19-20)16(22)18-8-13-4-6-14(17)7-5-13/h4-7,10H,8-9H2,1-3H3,(H,18,22). The van der Waals surface area contributed by atoms with Gasteiger partial charge in [0.15, 0.2) is 0 Å². The average molecular weight is 334 g/mol. The molecule has 7 nitrogen and oxygen atoms in total. The van der Waals surface area contributed by atoms with Gasteiger partial charge in [-0.3, -0.25) is 19.6 Å². The zero-order chi connectivity index (χ0) is 17.9. The highest BCUT2D eigenvalue weighted by molar-refractivity contribution is 5.78. The van der Waals surface area contributed by atoms with Gasteiger partial charge in [-0.2, -0.15) is 5.10 Å². The van der Waals surface area contributed by atoms with Crippen LogP contribution in [0.15, 0.2) is 24.3 Å². The molecule has 2 rings (SSSR count). The highest BCUT2D eigenvalue weighted by Gasteiger charge is 2.24. The molecule has 24 heavy (non-hydrogen) atoms. The van der Waals surface area contributed by atoms with E-state index in [4.69, 9.17) is 0 Å². The van der Waals surface area contributed by atoms with Crippen molar-refractivity contribution in [3.8, 4) is 0 Å². The molecule has 1 unspecified atom stereocenters. The molecule has 1 amide bonds. The number of benzene rings is 1. The second kappa shape index (κ2) is 7.20. The van der Waals surface area contributed by atoms with Gasteiger partial charge in [0.25, 0.3) is 0 Å². The third kappa shape index (κ3) is 3.95. The minimum atomic E-state index is -0.465. The van der Waals surface area contributed by atoms with Gasteiger partial charge in [-0.15, -0.1) is 0 Å². The highest BCUT2D eigenvalue weighted by atomic mass is 19.1. The molecule has 1 atom stereocenters. The minimum absolute atomic E-state index is 0.0195. The summed E-state index contributed by atoms with van der Waals surface area (Å²) in [4.78, 5) is 22.7. The molecular formula is C16H19FN4O3. The lowest BCUT2D eigenvalue weighted by Gasteiger charge is -2.13. The predicted molar refractivity (Wildman–Crippen MR) is 85.8 cm³/mol. The Morgan fingerprint density at radius 1 is 1.38 bits per heavy atom. The Balaban J connectivity index is 1.98. The van der Waals surface area contributed by atoms with E-state index in [9.17, 15) is 19.3 Å². The summed E-state index contributed by atoms with van der Waals surface area (Å²) in [5.74, 6) is -0.942. The van der Waals surface area contributed by atoms with Crippen LogP contribution in [0.25, 0.3) is 0 Å². The molecule has 0 bridgehead atoms. The molecule has 1 N–H and O–H groups in total. The number of hydrogen-bond donors (Lipinski definition) is 1. The largest absolute Gasteiger partial charge is 0.352 e. The van der Waals surface area contributed by atoms with Crippen molar-refractivity contribution in [2.24, 2.45) is 5.92 Å². The third-order valence-electron chi connectivity index (χ3n) is 3.80. The summed E-state index contributed by atoms with van der Waals surface area (Å²) < 4.78 is 14.3. The van der Waals surface area contributed by atoms with Crippen LogP contribution in [-0.2, 0) is 17.9 Å². The molecule has 0 aliphatic carbocycles. The van der Waals surface area contributed by atoms with Gasteiger partial charge >= 0.3 is 5.69 Å². The first-order valence-electron chi connectivity index (χ1n) is 7.50. The summed E-state index contributed by atoms with van der Waals surface area (Å²) in [5, 5.41) is 17.9. The van der Waals surface area contributed by atoms with E-state index in [0.717, 1.165) is 5.56 Å². The normalized spacial score (nSPS) is 12.0. The number of nitrogens with one attached hydrogen (secondary N) is 1. The molecule has 128 valence electrons. The van der Waals surface area contributed by atoms with Crippen molar-refractivity contribution < 1.29 is 14.1 Å². The topological polar surface area (TPSA) is 90.1 Å². The van der Waals surface area contributed by atoms with Crippen molar-refractivity contribution in [1.29, 1.82) is 0 Å². The lowest BCUT2D eigenvalue weighted by molar-refractivity contribution is -0.386. The molecule has 1 aromatic carbocycles. The molecule has 8 heteroatoms. The molecule has 0 spiro atoms. The van der Waals surface area contributed by atoms with Gasteiger partial charge in [-0.1, -0.05) is 19.1 Å². The van der Waals surface area contributed by atoms with E-state index in [2.05, 4.69) is 10.4 Å². The molecule has 0 radical (unpaired) electrons. The van der Waals surface area contributed by atoms with Crippen LogP contribution in [0.4, 0.5) is 10.1 Å². The summed E-state index contributed by atoms with van der Waals surface area (Å²) in [6.45, 7) is 5.45. The van der Waals surface area contributed by atoms with E-state index < -0.39 is 10.8 Å². The molecule has 1 aromatic heterocycles. The second-order valence-corrected chi connectivity index (χ2v) is 5.70. The van der Waals surface area contributed by atoms with Gasteiger partial charge in [0.1, 0.15) is 17.2 Å². The summed E-state index contributed by atoms with van der Waals surface area (Å²) in [5.41, 5.74) is 1.53. The number of rotatable bonds is 6. The smallest absolute Gasteiger partial charge is 0.312 e. The van der Waals surface area contributed by atoms with E-state index in [1.54, 1.807) is 32.9 Å². The van der Waals surface area contributed by atoms with Crippen LogP contribution in [0.2, 0.25) is 0 Å². The number of carbonyl (C=O) groups is 1. The molecule has 1 heterocycles. The number of aryl methyl sites for hydroxylation is 1. The Hall–Kier alpha value is -2.77. The summed E-state index contributed by atoms with van der Waals surface area (Å²) in [6, 6.07) is 5.87. The van der Waals surface area contributed by atoms with Crippen molar-refractivity contribution >= 4 is 11.6 Å². The van der Waals surface area contributed by atoms with E-state index in [-0.39, 0.29) is 24.0 Å². The number of nitrogens with zero attached hydrogens (tertiary/aromatic N) is 3. The van der Waals surface area contributed by atoms with Crippen molar-refractivity contribution in [2.45, 2.75) is 33.9 Å². The molecule has 0 saturated carbocycles. The average Bonchev–Trinajstić information content (AvgIpc) is 2.80. The van der Waals surface area contributed by atoms with Crippen LogP contribution >= 0.6 is 0 Å². The second-order valence-electron chi connectivity index (χ2n) is 5.70. The van der Waals surface area contributed by atoms with E-state index in [1.165, 1.54) is 16.8 Å². The number of amides is 1. The van der Waals surface area contributed by atoms with Crippen molar-refractivity contribution in [3.63, 3.8) is 0 Å². The number of aromatic nitrogens is 2. The van der Waals surface area contributed by atoms with Gasteiger partial charge in [-0.05, 0) is 31.5 Å². The Morgan fingerprint density at radius 3 is 2.54 bits per heavy atom. The Bertz CT molecular complexity index is 755. The highest BCUT2D eigenvalue weighted by Crippen LogP contribution is 2.22. The number of carbonyl (C=O) groups excluding carboxylic acids is 1. The van der Waals surface area contributed by atoms with Crippen molar-refractivity contribution in [2.75, 3.05) is 0 Å². The number of nitro groups is 1. The van der Waals surface area contributed by atoms with Gasteiger partial charge < -0.3 is 5.32 Å². The summed E-state index contributed by atoms with van der Waals surface area (Å²) in [6.07, 6.45) is 0. The predicted octanol–water partition coefficient (Wildman–Crippen LogP) is 2.50. The van der Waals surface area contributed by atoms with Gasteiger partial charge in [-0.25, -0.2) is 4.39 Å². The first-order valence-corrected chi connectivity index (χ1v) is 7.50. The summed E-state index contributed by atoms with van der Waals surface area (Å²) >= 11 is 0. The number of halogens is 1. The summed E-state index contributed by atoms with van der Waals surface area (Å²) in [7, 11) is 0. The molecule has 0 saturated heterocycles. The van der Waals surface area contributed by atoms with E-state index in [1.807, 2.05) is 0 Å². The Labute approximate surface area is 138 Å². The minimum Gasteiger partial charge on any atom is -0.352 e. The molecule has 0 fully saturated rings. The Morgan fingerprint density at radius 2 is 2.00 bits per heavy atom. The maximum atomic E-state index is 12.8. The number of hydrogen-bond acceptors (Lipinski definition) is 4. The first-order chi connectivity index (χ1) is 11.3. The van der Waals surface area contributed by atoms with Crippen molar-refractivity contribution in [1.82, 2.24) is 15.1 Å². The van der Waals surface area contributed by atoms with E-state index in [0.29, 0.717) is 17.9 Å². The Kier molecular flexibility index (Phi) is 5.28. The molecular weight excluding hydrogens is 315 g/mol. The maximum absolute atomic E-state index is 12.8. The molecule has 0 aliphatic rings. The monoisotopic (exact) mass is 334 g/mol. The van der Waals surface area contributed by atoms with Crippen LogP contribution in [0.3, 0.4) is 0 Å². The van der Waals surface area contributed by atoms with Gasteiger partial charge in [0.05, 0.1) is 17.4 Å². The van der Waals surface area contributed by atoms with E-state index >= 15 is 0 Å². The van der Waals surface area contributed by atoms with Gasteiger partial charge in [0.2, 0.25) is 5.91 Å².